The highest BCUT2D eigenvalue weighted by Crippen LogP contribution is 2.33. The fraction of sp³-hybridized carbons (Fsp3) is 0.320. The fourth-order valence-corrected chi connectivity index (χ4v) is 3.97. The molecule has 0 aliphatic carbocycles. The molecule has 0 spiro atoms. The molecule has 0 N–H and O–H groups in total. The summed E-state index contributed by atoms with van der Waals surface area (Å²) in [6.07, 6.45) is 3.85. The number of methoxy groups -OCH3 is 2. The maximum atomic E-state index is 5.55. The van der Waals surface area contributed by atoms with E-state index in [1.54, 1.807) is 14.2 Å². The molecule has 156 valence electrons. The van der Waals surface area contributed by atoms with Crippen molar-refractivity contribution < 1.29 is 9.47 Å². The molecule has 0 amide bonds. The van der Waals surface area contributed by atoms with Gasteiger partial charge in [0.15, 0.2) is 0 Å². The summed E-state index contributed by atoms with van der Waals surface area (Å²) < 4.78 is 10.9. The maximum absolute atomic E-state index is 5.55. The van der Waals surface area contributed by atoms with Crippen molar-refractivity contribution in [3.05, 3.63) is 78.1 Å². The molecule has 0 bridgehead atoms. The van der Waals surface area contributed by atoms with Crippen LogP contribution >= 0.6 is 0 Å². The van der Waals surface area contributed by atoms with Crippen LogP contribution in [0.25, 0.3) is 11.1 Å². The van der Waals surface area contributed by atoms with E-state index in [2.05, 4.69) is 51.2 Å². The van der Waals surface area contributed by atoms with Crippen LogP contribution in [-0.4, -0.2) is 55.2 Å². The molecule has 1 fully saturated rings. The van der Waals surface area contributed by atoms with Gasteiger partial charge in [-0.25, -0.2) is 0 Å². The monoisotopic (exact) mass is 403 g/mol. The number of aromatic nitrogens is 1. The molecule has 3 aromatic rings. The largest absolute Gasteiger partial charge is 0.497 e. The van der Waals surface area contributed by atoms with Crippen LogP contribution in [0.1, 0.15) is 11.1 Å². The van der Waals surface area contributed by atoms with E-state index in [-0.39, 0.29) is 0 Å². The predicted octanol–water partition coefficient (Wildman–Crippen LogP) is 4.08. The van der Waals surface area contributed by atoms with Gasteiger partial charge in [-0.3, -0.25) is 14.8 Å². The topological polar surface area (TPSA) is 37.8 Å². The van der Waals surface area contributed by atoms with Gasteiger partial charge in [0.05, 0.1) is 14.2 Å². The lowest BCUT2D eigenvalue weighted by Gasteiger charge is -2.34. The van der Waals surface area contributed by atoms with Crippen molar-refractivity contribution >= 4 is 0 Å². The van der Waals surface area contributed by atoms with Crippen LogP contribution in [0.5, 0.6) is 11.5 Å². The third kappa shape index (κ3) is 4.99. The first-order valence-corrected chi connectivity index (χ1v) is 10.4. The zero-order chi connectivity index (χ0) is 20.8. The molecule has 1 saturated heterocycles. The average molecular weight is 404 g/mol. The Morgan fingerprint density at radius 1 is 0.767 bits per heavy atom. The lowest BCUT2D eigenvalue weighted by Crippen LogP contribution is -2.45. The van der Waals surface area contributed by atoms with Crippen LogP contribution in [0.15, 0.2) is 67.0 Å². The summed E-state index contributed by atoms with van der Waals surface area (Å²) in [6, 6.07) is 18.8. The first-order chi connectivity index (χ1) is 14.7. The van der Waals surface area contributed by atoms with E-state index < -0.39 is 0 Å². The molecule has 4 rings (SSSR count). The second-order valence-corrected chi connectivity index (χ2v) is 7.69. The minimum Gasteiger partial charge on any atom is -0.497 e. The third-order valence-electron chi connectivity index (χ3n) is 5.63. The van der Waals surface area contributed by atoms with E-state index in [0.29, 0.717) is 0 Å². The molecule has 2 heterocycles. The molecule has 5 nitrogen and oxygen atoms in total. The first kappa shape index (κ1) is 20.4. The highest BCUT2D eigenvalue weighted by atomic mass is 16.5. The number of nitrogens with zero attached hydrogens (tertiary/aromatic N) is 3. The van der Waals surface area contributed by atoms with Crippen LogP contribution in [0.3, 0.4) is 0 Å². The lowest BCUT2D eigenvalue weighted by atomic mass is 10.0. The summed E-state index contributed by atoms with van der Waals surface area (Å²) in [5.74, 6) is 1.63. The summed E-state index contributed by atoms with van der Waals surface area (Å²) in [5.41, 5.74) is 4.65. The van der Waals surface area contributed by atoms with Gasteiger partial charge in [0.2, 0.25) is 0 Å². The van der Waals surface area contributed by atoms with Gasteiger partial charge in [-0.1, -0.05) is 30.3 Å². The molecule has 30 heavy (non-hydrogen) atoms. The Bertz CT molecular complexity index is 954. The van der Waals surface area contributed by atoms with Crippen molar-refractivity contribution in [2.45, 2.75) is 13.1 Å². The van der Waals surface area contributed by atoms with Crippen molar-refractivity contribution in [3.63, 3.8) is 0 Å². The Kier molecular flexibility index (Phi) is 6.62. The minimum atomic E-state index is 0.811. The molecular weight excluding hydrogens is 374 g/mol. The number of hydrogen-bond acceptors (Lipinski definition) is 5. The highest BCUT2D eigenvalue weighted by molar-refractivity contribution is 5.71. The number of benzene rings is 2. The second-order valence-electron chi connectivity index (χ2n) is 7.69. The summed E-state index contributed by atoms with van der Waals surface area (Å²) in [6.45, 7) is 6.25. The zero-order valence-electron chi connectivity index (χ0n) is 17.8. The quantitative estimate of drug-likeness (QED) is 0.594. The summed E-state index contributed by atoms with van der Waals surface area (Å²) in [5, 5.41) is 0. The van der Waals surface area contributed by atoms with Crippen molar-refractivity contribution in [1.82, 2.24) is 14.8 Å². The van der Waals surface area contributed by atoms with Crippen LogP contribution in [0, 0.1) is 0 Å². The van der Waals surface area contributed by atoms with Gasteiger partial charge in [-0.2, -0.15) is 0 Å². The van der Waals surface area contributed by atoms with Gasteiger partial charge in [0.1, 0.15) is 11.5 Å². The molecule has 0 unspecified atom stereocenters. The highest BCUT2D eigenvalue weighted by Gasteiger charge is 2.17. The molecule has 1 aromatic heterocycles. The van der Waals surface area contributed by atoms with Gasteiger partial charge in [0, 0.05) is 62.8 Å². The Hall–Kier alpha value is -2.89. The molecule has 2 aromatic carbocycles. The van der Waals surface area contributed by atoms with Crippen LogP contribution < -0.4 is 9.47 Å². The zero-order valence-corrected chi connectivity index (χ0v) is 17.8. The second kappa shape index (κ2) is 9.74. The third-order valence-corrected chi connectivity index (χ3v) is 5.63. The Labute approximate surface area is 178 Å². The molecular formula is C25H29N3O2. The molecule has 1 aliphatic rings. The van der Waals surface area contributed by atoms with E-state index in [4.69, 9.17) is 9.47 Å². The smallest absolute Gasteiger partial charge is 0.127 e. The lowest BCUT2D eigenvalue weighted by molar-refractivity contribution is 0.122. The van der Waals surface area contributed by atoms with E-state index in [1.165, 1.54) is 11.1 Å². The number of pyridine rings is 1. The normalized spacial score (nSPS) is 15.1. The van der Waals surface area contributed by atoms with Crippen LogP contribution in [0.2, 0.25) is 0 Å². The van der Waals surface area contributed by atoms with E-state index in [9.17, 15) is 0 Å². The van der Waals surface area contributed by atoms with E-state index >= 15 is 0 Å². The Morgan fingerprint density at radius 2 is 1.47 bits per heavy atom. The van der Waals surface area contributed by atoms with Crippen molar-refractivity contribution in [3.8, 4) is 22.6 Å². The van der Waals surface area contributed by atoms with Crippen molar-refractivity contribution in [1.29, 1.82) is 0 Å². The molecule has 0 radical (unpaired) electrons. The minimum absolute atomic E-state index is 0.811. The van der Waals surface area contributed by atoms with Gasteiger partial charge < -0.3 is 9.47 Å². The van der Waals surface area contributed by atoms with Crippen LogP contribution in [-0.2, 0) is 13.1 Å². The maximum Gasteiger partial charge on any atom is 0.127 e. The molecule has 0 atom stereocenters. The predicted molar refractivity (Wildman–Crippen MR) is 120 cm³/mol. The summed E-state index contributed by atoms with van der Waals surface area (Å²) >= 11 is 0. The fourth-order valence-electron chi connectivity index (χ4n) is 3.97. The van der Waals surface area contributed by atoms with Crippen molar-refractivity contribution in [2.24, 2.45) is 0 Å². The van der Waals surface area contributed by atoms with Gasteiger partial charge >= 0.3 is 0 Å². The first-order valence-electron chi connectivity index (χ1n) is 10.4. The SMILES string of the molecule is COc1ccc(OC)c(-c2cncc(CN3CCN(Cc4ccccc4)CC3)c2)c1. The van der Waals surface area contributed by atoms with E-state index in [1.807, 2.05) is 30.6 Å². The van der Waals surface area contributed by atoms with E-state index in [0.717, 1.165) is 61.9 Å². The molecule has 5 heteroatoms. The number of ether oxygens (including phenoxy) is 2. The summed E-state index contributed by atoms with van der Waals surface area (Å²) in [7, 11) is 3.37. The van der Waals surface area contributed by atoms with Crippen LogP contribution in [0.4, 0.5) is 0 Å². The molecule has 1 aliphatic heterocycles. The molecule has 0 saturated carbocycles. The Morgan fingerprint density at radius 3 is 2.13 bits per heavy atom. The van der Waals surface area contributed by atoms with Gasteiger partial charge in [-0.15, -0.1) is 0 Å². The average Bonchev–Trinajstić information content (AvgIpc) is 2.81. The number of hydrogen-bond donors (Lipinski definition) is 0. The van der Waals surface area contributed by atoms with Gasteiger partial charge in [0.25, 0.3) is 0 Å². The standard InChI is InChI=1S/C25H29N3O2/c1-29-23-8-9-25(30-2)24(15-23)22-14-21(16-26-17-22)19-28-12-10-27(11-13-28)18-20-6-4-3-5-7-20/h3-9,14-17H,10-13,18-19H2,1-2H3. The number of piperazine rings is 1. The van der Waals surface area contributed by atoms with Gasteiger partial charge in [-0.05, 0) is 35.4 Å². The van der Waals surface area contributed by atoms with Crippen molar-refractivity contribution in [2.75, 3.05) is 40.4 Å². The Balaban J connectivity index is 1.40. The summed E-state index contributed by atoms with van der Waals surface area (Å²) in [4.78, 5) is 9.53. The number of rotatable bonds is 7.